The molecule has 7 heteroatoms. The van der Waals surface area contributed by atoms with Crippen molar-refractivity contribution in [3.05, 3.63) is 36.3 Å². The Hall–Kier alpha value is -2.70. The van der Waals surface area contributed by atoms with Crippen molar-refractivity contribution in [2.75, 3.05) is 0 Å². The number of benzene rings is 1. The van der Waals surface area contributed by atoms with E-state index in [0.717, 1.165) is 10.8 Å². The van der Waals surface area contributed by atoms with Crippen LogP contribution in [0.5, 0.6) is 0 Å². The van der Waals surface area contributed by atoms with Crippen LogP contribution in [0.3, 0.4) is 0 Å². The van der Waals surface area contributed by atoms with Crippen LogP contribution in [0.25, 0.3) is 16.4 Å². The normalized spacial score (nSPS) is 13.4. The van der Waals surface area contributed by atoms with Gasteiger partial charge in [-0.2, -0.15) is 9.61 Å². The first-order chi connectivity index (χ1) is 11.8. The van der Waals surface area contributed by atoms with Gasteiger partial charge in [-0.15, -0.1) is 10.2 Å². The van der Waals surface area contributed by atoms with Crippen molar-refractivity contribution in [3.63, 3.8) is 0 Å². The van der Waals surface area contributed by atoms with Gasteiger partial charge in [0.05, 0.1) is 12.2 Å². The van der Waals surface area contributed by atoms with Gasteiger partial charge in [0.1, 0.15) is 5.60 Å². The van der Waals surface area contributed by atoms with Crippen LogP contribution in [-0.4, -0.2) is 31.5 Å². The molecular weight excluding hydrogens is 318 g/mol. The average molecular weight is 341 g/mol. The highest BCUT2D eigenvalue weighted by Gasteiger charge is 2.27. The Morgan fingerprint density at radius 2 is 1.92 bits per heavy atom. The predicted molar refractivity (Wildman–Crippen MR) is 95.2 cm³/mol. The number of nitrogens with zero attached hydrogens (tertiary/aromatic N) is 4. The van der Waals surface area contributed by atoms with E-state index < -0.39 is 11.7 Å². The Labute approximate surface area is 146 Å². The van der Waals surface area contributed by atoms with E-state index in [1.165, 1.54) is 0 Å². The molecule has 2 heterocycles. The van der Waals surface area contributed by atoms with E-state index in [2.05, 4.69) is 20.6 Å². The highest BCUT2D eigenvalue weighted by atomic mass is 16.6. The van der Waals surface area contributed by atoms with Gasteiger partial charge in [0.25, 0.3) is 0 Å². The van der Waals surface area contributed by atoms with Gasteiger partial charge in [-0.05, 0) is 26.7 Å². The van der Waals surface area contributed by atoms with Crippen molar-refractivity contribution in [2.24, 2.45) is 5.92 Å². The van der Waals surface area contributed by atoms with Crippen LogP contribution >= 0.6 is 0 Å². The molecule has 132 valence electrons. The smallest absolute Gasteiger partial charge is 0.408 e. The fraction of sp³-hybridized carbons (Fsp3) is 0.444. The minimum atomic E-state index is -0.563. The maximum Gasteiger partial charge on any atom is 0.408 e. The lowest BCUT2D eigenvalue weighted by molar-refractivity contribution is 0.0486. The number of amides is 1. The lowest BCUT2D eigenvalue weighted by atomic mass is 10.0. The number of carbonyl (C=O) groups is 1. The van der Waals surface area contributed by atoms with E-state index in [1.54, 1.807) is 10.7 Å². The zero-order valence-corrected chi connectivity index (χ0v) is 15.1. The van der Waals surface area contributed by atoms with Crippen LogP contribution < -0.4 is 5.32 Å². The zero-order chi connectivity index (χ0) is 18.2. The van der Waals surface area contributed by atoms with Gasteiger partial charge in [0.2, 0.25) is 0 Å². The van der Waals surface area contributed by atoms with Crippen molar-refractivity contribution < 1.29 is 9.53 Å². The number of fused-ring (bicyclic) bond motifs is 3. The summed E-state index contributed by atoms with van der Waals surface area (Å²) in [7, 11) is 0. The molecule has 0 radical (unpaired) electrons. The second kappa shape index (κ2) is 6.31. The topological polar surface area (TPSA) is 81.4 Å². The molecule has 0 aliphatic carbocycles. The maximum absolute atomic E-state index is 12.2. The summed E-state index contributed by atoms with van der Waals surface area (Å²) in [6.07, 6.45) is 1.30. The Morgan fingerprint density at radius 3 is 2.60 bits per heavy atom. The maximum atomic E-state index is 12.2. The number of nitrogens with one attached hydrogen (secondary N) is 1. The third-order valence-electron chi connectivity index (χ3n) is 3.80. The number of rotatable bonds is 3. The summed E-state index contributed by atoms with van der Waals surface area (Å²) in [6.45, 7) is 9.50. The lowest BCUT2D eigenvalue weighted by Gasteiger charge is -2.24. The van der Waals surface area contributed by atoms with E-state index >= 15 is 0 Å². The summed E-state index contributed by atoms with van der Waals surface area (Å²) in [6, 6.07) is 7.51. The molecule has 0 bridgehead atoms. The van der Waals surface area contributed by atoms with Gasteiger partial charge < -0.3 is 10.1 Å². The minimum absolute atomic E-state index is 0.0909. The van der Waals surface area contributed by atoms with Crippen LogP contribution in [0.1, 0.15) is 46.5 Å². The van der Waals surface area contributed by atoms with Crippen LogP contribution in [0.2, 0.25) is 0 Å². The molecule has 0 saturated heterocycles. The molecule has 1 atom stereocenters. The van der Waals surface area contributed by atoms with Gasteiger partial charge in [-0.3, -0.25) is 0 Å². The third kappa shape index (κ3) is 3.55. The molecule has 0 fully saturated rings. The summed E-state index contributed by atoms with van der Waals surface area (Å²) >= 11 is 0. The summed E-state index contributed by atoms with van der Waals surface area (Å²) in [5.74, 6) is 0.676. The van der Waals surface area contributed by atoms with Crippen LogP contribution in [-0.2, 0) is 4.74 Å². The molecular formula is C18H23N5O2. The molecule has 0 aliphatic rings. The molecule has 1 unspecified atom stereocenters. The predicted octanol–water partition coefficient (Wildman–Crippen LogP) is 3.50. The number of carbonyl (C=O) groups excluding carboxylic acids is 1. The molecule has 3 aromatic rings. The fourth-order valence-corrected chi connectivity index (χ4v) is 2.66. The summed E-state index contributed by atoms with van der Waals surface area (Å²) < 4.78 is 7.06. The van der Waals surface area contributed by atoms with Crippen molar-refractivity contribution in [3.8, 4) is 0 Å². The van der Waals surface area contributed by atoms with Crippen molar-refractivity contribution in [1.82, 2.24) is 25.1 Å². The van der Waals surface area contributed by atoms with Crippen molar-refractivity contribution in [1.29, 1.82) is 0 Å². The molecule has 25 heavy (non-hydrogen) atoms. The van der Waals surface area contributed by atoms with Crippen LogP contribution in [0.4, 0.5) is 4.79 Å². The van der Waals surface area contributed by atoms with E-state index in [1.807, 2.05) is 58.9 Å². The Balaban J connectivity index is 2.00. The molecule has 1 amide bonds. The summed E-state index contributed by atoms with van der Waals surface area (Å²) in [4.78, 5) is 12.2. The van der Waals surface area contributed by atoms with Crippen molar-refractivity contribution >= 4 is 22.5 Å². The van der Waals surface area contributed by atoms with E-state index in [9.17, 15) is 4.79 Å². The number of aromatic nitrogens is 4. The van der Waals surface area contributed by atoms with E-state index in [0.29, 0.717) is 11.5 Å². The Bertz CT molecular complexity index is 911. The van der Waals surface area contributed by atoms with Crippen LogP contribution in [0.15, 0.2) is 30.5 Å². The third-order valence-corrected chi connectivity index (χ3v) is 3.80. The van der Waals surface area contributed by atoms with Gasteiger partial charge in [0, 0.05) is 10.8 Å². The van der Waals surface area contributed by atoms with Gasteiger partial charge in [-0.25, -0.2) is 4.79 Å². The Morgan fingerprint density at radius 1 is 1.20 bits per heavy atom. The van der Waals surface area contributed by atoms with E-state index in [-0.39, 0.29) is 12.0 Å². The molecule has 2 aromatic heterocycles. The molecule has 7 nitrogen and oxygen atoms in total. The number of hydrogen-bond donors (Lipinski definition) is 1. The largest absolute Gasteiger partial charge is 0.444 e. The molecule has 1 aromatic carbocycles. The first-order valence-corrected chi connectivity index (χ1v) is 8.35. The highest BCUT2D eigenvalue weighted by molar-refractivity contribution is 5.92. The van der Waals surface area contributed by atoms with Crippen molar-refractivity contribution in [2.45, 2.75) is 46.3 Å². The second-order valence-corrected chi connectivity index (χ2v) is 7.39. The lowest BCUT2D eigenvalue weighted by Crippen LogP contribution is -2.37. The second-order valence-electron chi connectivity index (χ2n) is 7.39. The molecule has 3 rings (SSSR count). The van der Waals surface area contributed by atoms with E-state index in [4.69, 9.17) is 4.74 Å². The first kappa shape index (κ1) is 17.1. The van der Waals surface area contributed by atoms with Crippen LogP contribution in [0, 0.1) is 5.92 Å². The van der Waals surface area contributed by atoms with Gasteiger partial charge >= 0.3 is 6.09 Å². The SMILES string of the molecule is CC(C)C(NC(=O)OC(C)(C)C)c1nnc2c3ccccc3cnn12. The average Bonchev–Trinajstić information content (AvgIpc) is 2.94. The molecule has 0 saturated carbocycles. The molecule has 0 aliphatic heterocycles. The highest BCUT2D eigenvalue weighted by Crippen LogP contribution is 2.24. The van der Waals surface area contributed by atoms with Gasteiger partial charge in [0.15, 0.2) is 11.5 Å². The molecule has 1 N–H and O–H groups in total. The fourth-order valence-electron chi connectivity index (χ4n) is 2.66. The molecule has 0 spiro atoms. The minimum Gasteiger partial charge on any atom is -0.444 e. The number of ether oxygens (including phenoxy) is 1. The first-order valence-electron chi connectivity index (χ1n) is 8.35. The Kier molecular flexibility index (Phi) is 4.32. The zero-order valence-electron chi connectivity index (χ0n) is 15.1. The summed E-state index contributed by atoms with van der Waals surface area (Å²) in [5, 5.41) is 17.9. The quantitative estimate of drug-likeness (QED) is 0.788. The number of alkyl carbamates (subject to hydrolysis) is 1. The summed E-state index contributed by atoms with van der Waals surface area (Å²) in [5.41, 5.74) is 0.109. The standard InChI is InChI=1S/C18H23N5O2/c1-11(2)14(20-17(24)25-18(3,4)5)16-22-21-15-13-9-7-6-8-12(13)10-19-23(15)16/h6-11,14H,1-5H3,(H,20,24). The number of hydrogen-bond acceptors (Lipinski definition) is 5. The monoisotopic (exact) mass is 341 g/mol. The van der Waals surface area contributed by atoms with Gasteiger partial charge in [-0.1, -0.05) is 38.1 Å².